The summed E-state index contributed by atoms with van der Waals surface area (Å²) in [5.74, 6) is 0.754. The molecule has 0 saturated heterocycles. The lowest BCUT2D eigenvalue weighted by atomic mass is 9.84. The molecule has 27 heavy (non-hydrogen) atoms. The second-order valence-electron chi connectivity index (χ2n) is 6.99. The number of hydrogen-bond donors (Lipinski definition) is 1. The van der Waals surface area contributed by atoms with E-state index in [-0.39, 0.29) is 11.8 Å². The van der Waals surface area contributed by atoms with Gasteiger partial charge in [-0.25, -0.2) is 4.98 Å². The van der Waals surface area contributed by atoms with Crippen molar-refractivity contribution < 1.29 is 4.79 Å². The predicted molar refractivity (Wildman–Crippen MR) is 108 cm³/mol. The molecule has 2 aromatic carbocycles. The first-order chi connectivity index (χ1) is 13.1. The van der Waals surface area contributed by atoms with E-state index in [0.717, 1.165) is 26.7 Å². The Bertz CT molecular complexity index is 1160. The predicted octanol–water partition coefficient (Wildman–Crippen LogP) is 4.57. The van der Waals surface area contributed by atoms with Crippen LogP contribution in [0.5, 0.6) is 0 Å². The number of hydrogen-bond acceptors (Lipinski definition) is 4. The third-order valence-electron chi connectivity index (χ3n) is 5.09. The molecule has 6 heteroatoms. The van der Waals surface area contributed by atoms with E-state index in [2.05, 4.69) is 47.4 Å². The maximum Gasteiger partial charge on any atom is 0.226 e. The van der Waals surface area contributed by atoms with Gasteiger partial charge in [-0.05, 0) is 37.1 Å². The van der Waals surface area contributed by atoms with E-state index in [1.807, 2.05) is 30.5 Å². The number of aromatic nitrogens is 3. The maximum absolute atomic E-state index is 12.5. The zero-order valence-electron chi connectivity index (χ0n) is 15.1. The van der Waals surface area contributed by atoms with Gasteiger partial charge in [-0.1, -0.05) is 47.2 Å². The number of carbonyl (C=O) groups is 1. The van der Waals surface area contributed by atoms with Crippen molar-refractivity contribution in [1.29, 1.82) is 0 Å². The molecule has 3 heterocycles. The van der Waals surface area contributed by atoms with Crippen LogP contribution in [0.2, 0.25) is 0 Å². The van der Waals surface area contributed by atoms with Crippen LogP contribution in [0.1, 0.15) is 34.6 Å². The molecule has 4 aromatic rings. The van der Waals surface area contributed by atoms with Crippen molar-refractivity contribution in [3.8, 4) is 5.13 Å². The van der Waals surface area contributed by atoms with Crippen molar-refractivity contribution in [1.82, 2.24) is 14.8 Å². The summed E-state index contributed by atoms with van der Waals surface area (Å²) < 4.78 is 2.86. The van der Waals surface area contributed by atoms with Gasteiger partial charge in [0.1, 0.15) is 5.82 Å². The largest absolute Gasteiger partial charge is 0.310 e. The minimum atomic E-state index is 0.0104. The summed E-state index contributed by atoms with van der Waals surface area (Å²) in [5.41, 5.74) is 5.56. The molecule has 1 aliphatic heterocycles. The number of nitrogens with zero attached hydrogens (tertiary/aromatic N) is 3. The molecule has 5 rings (SSSR count). The van der Waals surface area contributed by atoms with Crippen LogP contribution in [0.25, 0.3) is 15.3 Å². The van der Waals surface area contributed by atoms with Crippen molar-refractivity contribution in [2.75, 3.05) is 5.32 Å². The summed E-state index contributed by atoms with van der Waals surface area (Å²) in [5, 5.41) is 8.35. The van der Waals surface area contributed by atoms with Crippen molar-refractivity contribution in [3.05, 3.63) is 70.9 Å². The van der Waals surface area contributed by atoms with E-state index < -0.39 is 0 Å². The van der Waals surface area contributed by atoms with Gasteiger partial charge in [0.25, 0.3) is 0 Å². The number of fused-ring (bicyclic) bond motifs is 2. The van der Waals surface area contributed by atoms with E-state index in [1.165, 1.54) is 16.7 Å². The van der Waals surface area contributed by atoms with Crippen LogP contribution >= 0.6 is 11.3 Å². The number of para-hydroxylation sites is 1. The quantitative estimate of drug-likeness (QED) is 0.559. The van der Waals surface area contributed by atoms with Crippen LogP contribution < -0.4 is 5.32 Å². The molecule has 134 valence electrons. The van der Waals surface area contributed by atoms with Gasteiger partial charge < -0.3 is 5.32 Å². The lowest BCUT2D eigenvalue weighted by molar-refractivity contribution is -0.116. The average Bonchev–Trinajstić information content (AvgIpc) is 3.26. The number of rotatable bonds is 2. The molecule has 1 atom stereocenters. The summed E-state index contributed by atoms with van der Waals surface area (Å²) in [6, 6.07) is 14.4. The Kier molecular flexibility index (Phi) is 3.62. The SMILES string of the molecule is Cc1ccc(C)c([C@@H]2CC(=O)Nc3c2cnn3-c2nc3ccccc3s2)c1. The molecule has 0 bridgehead atoms. The number of thiazole rings is 1. The molecule has 0 aliphatic carbocycles. The summed E-state index contributed by atoms with van der Waals surface area (Å²) in [6.07, 6.45) is 2.30. The Labute approximate surface area is 160 Å². The normalized spacial score (nSPS) is 16.4. The molecule has 1 amide bonds. The smallest absolute Gasteiger partial charge is 0.226 e. The van der Waals surface area contributed by atoms with Gasteiger partial charge in [0.2, 0.25) is 11.0 Å². The van der Waals surface area contributed by atoms with Gasteiger partial charge in [-0.3, -0.25) is 4.79 Å². The number of carbonyl (C=O) groups excluding carboxylic acids is 1. The van der Waals surface area contributed by atoms with E-state index in [9.17, 15) is 4.79 Å². The van der Waals surface area contributed by atoms with Crippen LogP contribution in [0, 0.1) is 13.8 Å². The van der Waals surface area contributed by atoms with Crippen LogP contribution in [0.3, 0.4) is 0 Å². The zero-order chi connectivity index (χ0) is 18.5. The third kappa shape index (κ3) is 2.64. The van der Waals surface area contributed by atoms with Crippen molar-refractivity contribution >= 4 is 33.3 Å². The number of anilines is 1. The highest BCUT2D eigenvalue weighted by Crippen LogP contribution is 2.40. The summed E-state index contributed by atoms with van der Waals surface area (Å²) in [6.45, 7) is 4.18. The van der Waals surface area contributed by atoms with E-state index in [4.69, 9.17) is 0 Å². The van der Waals surface area contributed by atoms with Crippen molar-refractivity contribution in [2.24, 2.45) is 0 Å². The second kappa shape index (κ2) is 6.03. The summed E-state index contributed by atoms with van der Waals surface area (Å²) in [4.78, 5) is 17.2. The highest BCUT2D eigenvalue weighted by molar-refractivity contribution is 7.20. The van der Waals surface area contributed by atoms with Gasteiger partial charge in [0, 0.05) is 17.9 Å². The third-order valence-corrected chi connectivity index (χ3v) is 6.11. The summed E-state index contributed by atoms with van der Waals surface area (Å²) in [7, 11) is 0. The van der Waals surface area contributed by atoms with Crippen LogP contribution in [-0.4, -0.2) is 20.7 Å². The molecule has 1 aliphatic rings. The lowest BCUT2D eigenvalue weighted by Gasteiger charge is -2.25. The molecular weight excluding hydrogens is 356 g/mol. The van der Waals surface area contributed by atoms with Gasteiger partial charge in [-0.2, -0.15) is 9.78 Å². The van der Waals surface area contributed by atoms with Crippen molar-refractivity contribution in [2.45, 2.75) is 26.2 Å². The molecular formula is C21H18N4OS. The Morgan fingerprint density at radius 1 is 1.15 bits per heavy atom. The van der Waals surface area contributed by atoms with E-state index in [1.54, 1.807) is 16.0 Å². The molecule has 0 spiro atoms. The first-order valence-electron chi connectivity index (χ1n) is 8.91. The molecule has 2 aromatic heterocycles. The number of nitrogens with one attached hydrogen (secondary N) is 1. The number of benzene rings is 2. The minimum absolute atomic E-state index is 0.0104. The van der Waals surface area contributed by atoms with E-state index in [0.29, 0.717) is 6.42 Å². The molecule has 5 nitrogen and oxygen atoms in total. The highest BCUT2D eigenvalue weighted by atomic mass is 32.1. The topological polar surface area (TPSA) is 59.8 Å². The molecule has 0 fully saturated rings. The Hall–Kier alpha value is -2.99. The second-order valence-corrected chi connectivity index (χ2v) is 8.00. The Morgan fingerprint density at radius 3 is 2.85 bits per heavy atom. The summed E-state index contributed by atoms with van der Waals surface area (Å²) >= 11 is 1.57. The first kappa shape index (κ1) is 16.2. The van der Waals surface area contributed by atoms with Gasteiger partial charge >= 0.3 is 0 Å². The molecule has 0 unspecified atom stereocenters. The van der Waals surface area contributed by atoms with Gasteiger partial charge in [0.15, 0.2) is 0 Å². The van der Waals surface area contributed by atoms with E-state index >= 15 is 0 Å². The first-order valence-corrected chi connectivity index (χ1v) is 9.72. The lowest BCUT2D eigenvalue weighted by Crippen LogP contribution is -2.25. The maximum atomic E-state index is 12.5. The Morgan fingerprint density at radius 2 is 2.00 bits per heavy atom. The fourth-order valence-electron chi connectivity index (χ4n) is 3.73. The molecule has 0 radical (unpaired) electrons. The fourth-order valence-corrected chi connectivity index (χ4v) is 4.66. The van der Waals surface area contributed by atoms with Crippen LogP contribution in [-0.2, 0) is 4.79 Å². The number of amides is 1. The monoisotopic (exact) mass is 374 g/mol. The van der Waals surface area contributed by atoms with Crippen molar-refractivity contribution in [3.63, 3.8) is 0 Å². The van der Waals surface area contributed by atoms with Gasteiger partial charge in [-0.15, -0.1) is 0 Å². The fraction of sp³-hybridized carbons (Fsp3) is 0.190. The number of aryl methyl sites for hydroxylation is 2. The zero-order valence-corrected chi connectivity index (χ0v) is 15.9. The van der Waals surface area contributed by atoms with Gasteiger partial charge in [0.05, 0.1) is 16.4 Å². The standard InChI is InChI=1S/C21H18N4OS/c1-12-7-8-13(2)14(9-12)15-10-19(26)24-20-16(15)11-22-25(20)21-23-17-5-3-4-6-18(17)27-21/h3-9,11,15H,10H2,1-2H3,(H,24,26)/t15-/m0/s1. The molecule has 0 saturated carbocycles. The molecule has 1 N–H and O–H groups in total. The Balaban J connectivity index is 1.66. The van der Waals surface area contributed by atoms with Crippen LogP contribution in [0.15, 0.2) is 48.7 Å². The van der Waals surface area contributed by atoms with Crippen LogP contribution in [0.4, 0.5) is 5.82 Å². The highest BCUT2D eigenvalue weighted by Gasteiger charge is 2.31. The average molecular weight is 374 g/mol. The minimum Gasteiger partial charge on any atom is -0.310 e.